The minimum atomic E-state index is 0.294. The molecule has 1 aromatic heterocycles. The van der Waals surface area contributed by atoms with Crippen molar-refractivity contribution in [1.82, 2.24) is 0 Å². The van der Waals surface area contributed by atoms with Crippen LogP contribution in [-0.4, -0.2) is 11.7 Å². The average molecular weight is 567 g/mol. The Hall–Kier alpha value is -3.82. The van der Waals surface area contributed by atoms with E-state index in [1.54, 1.807) is 12.1 Å². The molecule has 41 heavy (non-hydrogen) atoms. The number of hydrogen-bond acceptors (Lipinski definition) is 2. The van der Waals surface area contributed by atoms with Crippen molar-refractivity contribution in [3.8, 4) is 11.5 Å². The summed E-state index contributed by atoms with van der Waals surface area (Å²) in [5.41, 5.74) is 4.54. The lowest BCUT2D eigenvalue weighted by molar-refractivity contribution is -0.697. The third kappa shape index (κ3) is 11.7. The van der Waals surface area contributed by atoms with Gasteiger partial charge in [-0.3, -0.25) is 0 Å². The van der Waals surface area contributed by atoms with Crippen LogP contribution in [0, 0.1) is 0 Å². The highest BCUT2D eigenvalue weighted by atomic mass is 35.5. The van der Waals surface area contributed by atoms with E-state index in [1.165, 1.54) is 50.5 Å². The molecule has 3 aromatic carbocycles. The highest BCUT2D eigenvalue weighted by molar-refractivity contribution is 6.30. The number of aryl methyl sites for hydroxylation is 1. The van der Waals surface area contributed by atoms with Crippen LogP contribution in [0.1, 0.15) is 73.6 Å². The number of aromatic hydroxyl groups is 1. The number of aromatic nitrogens is 1. The minimum absolute atomic E-state index is 0.294. The van der Waals surface area contributed by atoms with Gasteiger partial charge in [0.1, 0.15) is 18.0 Å². The Morgan fingerprint density at radius 3 is 1.54 bits per heavy atom. The standard InChI is InChI=1S/C37H40ClNO2/c38-35-19-13-31(14-20-35)9-10-33-17-23-37(24-18-33)41-30-8-6-4-2-1-3-5-7-27-39-28-25-34(26-29-39)12-11-32-15-21-36(40)22-16-32/h9-26,28-29H,1-8,27,30H2/p+1/b10-9+. The molecule has 0 radical (unpaired) electrons. The molecule has 0 bridgehead atoms. The molecular weight excluding hydrogens is 526 g/mol. The molecule has 0 spiro atoms. The van der Waals surface area contributed by atoms with E-state index in [2.05, 4.69) is 65.5 Å². The minimum Gasteiger partial charge on any atom is -0.508 e. The smallest absolute Gasteiger partial charge is 0.169 e. The summed E-state index contributed by atoms with van der Waals surface area (Å²) in [5, 5.41) is 10.1. The van der Waals surface area contributed by atoms with Crippen LogP contribution in [0.5, 0.6) is 11.5 Å². The van der Waals surface area contributed by atoms with Gasteiger partial charge in [-0.2, -0.15) is 0 Å². The van der Waals surface area contributed by atoms with Crippen LogP contribution in [-0.2, 0) is 6.54 Å². The van der Waals surface area contributed by atoms with Crippen LogP contribution in [0.4, 0.5) is 0 Å². The first-order chi connectivity index (χ1) is 20.1. The van der Waals surface area contributed by atoms with E-state index in [1.807, 2.05) is 48.5 Å². The second-order valence-corrected chi connectivity index (χ2v) is 10.9. The molecule has 0 saturated carbocycles. The number of phenolic OH excluding ortho intramolecular Hbond substituents is 1. The predicted molar refractivity (Wildman–Crippen MR) is 173 cm³/mol. The summed E-state index contributed by atoms with van der Waals surface area (Å²) < 4.78 is 8.20. The van der Waals surface area contributed by atoms with E-state index in [9.17, 15) is 5.11 Å². The Balaban J connectivity index is 0.988. The second kappa shape index (κ2) is 17.1. The van der Waals surface area contributed by atoms with Crippen LogP contribution in [0.2, 0.25) is 5.02 Å². The summed E-state index contributed by atoms with van der Waals surface area (Å²) in [4.78, 5) is 0. The van der Waals surface area contributed by atoms with Gasteiger partial charge in [0.2, 0.25) is 0 Å². The first-order valence-corrected chi connectivity index (χ1v) is 15.1. The van der Waals surface area contributed by atoms with Crippen molar-refractivity contribution in [2.75, 3.05) is 6.61 Å². The Bertz CT molecular complexity index is 1240. The van der Waals surface area contributed by atoms with Gasteiger partial charge in [-0.05, 0) is 71.5 Å². The zero-order valence-corrected chi connectivity index (χ0v) is 24.6. The van der Waals surface area contributed by atoms with Gasteiger partial charge in [0.25, 0.3) is 0 Å². The molecule has 4 aromatic rings. The van der Waals surface area contributed by atoms with Gasteiger partial charge in [-0.1, -0.05) is 104 Å². The maximum absolute atomic E-state index is 9.39. The summed E-state index contributed by atoms with van der Waals surface area (Å²) in [6, 6.07) is 27.6. The van der Waals surface area contributed by atoms with E-state index >= 15 is 0 Å². The van der Waals surface area contributed by atoms with Gasteiger partial charge in [0.15, 0.2) is 12.4 Å². The summed E-state index contributed by atoms with van der Waals surface area (Å²) in [7, 11) is 0. The van der Waals surface area contributed by atoms with Crippen molar-refractivity contribution in [3.63, 3.8) is 0 Å². The van der Waals surface area contributed by atoms with E-state index < -0.39 is 0 Å². The number of ether oxygens (including phenoxy) is 1. The third-order valence-electron chi connectivity index (χ3n) is 7.08. The number of rotatable bonds is 16. The van der Waals surface area contributed by atoms with Gasteiger partial charge in [0.05, 0.1) is 6.61 Å². The molecule has 0 aliphatic rings. The number of nitrogens with zero attached hydrogens (tertiary/aromatic N) is 1. The van der Waals surface area contributed by atoms with Crippen LogP contribution in [0.25, 0.3) is 24.3 Å². The van der Waals surface area contributed by atoms with Gasteiger partial charge >= 0.3 is 0 Å². The topological polar surface area (TPSA) is 33.3 Å². The molecule has 0 saturated heterocycles. The molecule has 1 N–H and O–H groups in total. The van der Waals surface area contributed by atoms with Crippen molar-refractivity contribution in [2.45, 2.75) is 57.9 Å². The molecule has 0 aliphatic heterocycles. The van der Waals surface area contributed by atoms with E-state index in [4.69, 9.17) is 16.3 Å². The van der Waals surface area contributed by atoms with Crippen molar-refractivity contribution in [2.24, 2.45) is 0 Å². The van der Waals surface area contributed by atoms with Crippen molar-refractivity contribution < 1.29 is 14.4 Å². The number of pyridine rings is 1. The Kier molecular flexibility index (Phi) is 12.6. The zero-order valence-electron chi connectivity index (χ0n) is 23.8. The molecule has 3 nitrogen and oxygen atoms in total. The molecule has 1 heterocycles. The van der Waals surface area contributed by atoms with Crippen LogP contribution in [0.15, 0.2) is 97.3 Å². The van der Waals surface area contributed by atoms with Gasteiger partial charge < -0.3 is 9.84 Å². The van der Waals surface area contributed by atoms with E-state index in [0.29, 0.717) is 5.75 Å². The lowest BCUT2D eigenvalue weighted by atomic mass is 10.1. The number of unbranched alkanes of at least 4 members (excludes halogenated alkanes) is 7. The van der Waals surface area contributed by atoms with Crippen molar-refractivity contribution in [3.05, 3.63) is 125 Å². The number of phenols is 1. The average Bonchev–Trinajstić information content (AvgIpc) is 3.00. The fraction of sp³-hybridized carbons (Fsp3) is 0.270. The molecule has 4 rings (SSSR count). The molecule has 0 amide bonds. The first kappa shape index (κ1) is 30.1. The summed E-state index contributed by atoms with van der Waals surface area (Å²) >= 11 is 5.94. The molecule has 0 fully saturated rings. The van der Waals surface area contributed by atoms with E-state index in [-0.39, 0.29) is 0 Å². The normalized spacial score (nSPS) is 11.4. The Labute approximate surface area is 250 Å². The molecule has 0 aliphatic carbocycles. The van der Waals surface area contributed by atoms with Gasteiger partial charge in [0, 0.05) is 23.6 Å². The fourth-order valence-corrected chi connectivity index (χ4v) is 4.72. The second-order valence-electron chi connectivity index (χ2n) is 10.4. The molecule has 0 unspecified atom stereocenters. The summed E-state index contributed by atoms with van der Waals surface area (Å²) in [6.45, 7) is 1.85. The quantitative estimate of drug-likeness (QED) is 0.0831. The highest BCUT2D eigenvalue weighted by Crippen LogP contribution is 2.17. The van der Waals surface area contributed by atoms with Crippen LogP contribution in [0.3, 0.4) is 0 Å². The number of benzene rings is 3. The van der Waals surface area contributed by atoms with Gasteiger partial charge in [-0.15, -0.1) is 0 Å². The fourth-order valence-electron chi connectivity index (χ4n) is 4.60. The third-order valence-corrected chi connectivity index (χ3v) is 7.33. The monoisotopic (exact) mass is 566 g/mol. The SMILES string of the molecule is Oc1ccc(/C=C/c2cc[n+](CCCCCCCCCCOc3ccc(/C=C/c4ccc(Cl)cc4)cc3)cc2)cc1. The maximum Gasteiger partial charge on any atom is 0.169 e. The highest BCUT2D eigenvalue weighted by Gasteiger charge is 2.01. The maximum atomic E-state index is 9.39. The zero-order chi connectivity index (χ0) is 28.5. The lowest BCUT2D eigenvalue weighted by Gasteiger charge is -2.06. The van der Waals surface area contributed by atoms with Crippen LogP contribution >= 0.6 is 11.6 Å². The van der Waals surface area contributed by atoms with Crippen molar-refractivity contribution in [1.29, 1.82) is 0 Å². The molecule has 0 atom stereocenters. The van der Waals surface area contributed by atoms with Crippen molar-refractivity contribution >= 4 is 35.9 Å². The van der Waals surface area contributed by atoms with E-state index in [0.717, 1.165) is 47.0 Å². The lowest BCUT2D eigenvalue weighted by Crippen LogP contribution is -2.32. The predicted octanol–water partition coefficient (Wildman–Crippen LogP) is 9.87. The number of halogens is 1. The largest absolute Gasteiger partial charge is 0.508 e. The summed E-state index contributed by atoms with van der Waals surface area (Å²) in [5.74, 6) is 1.23. The molecule has 212 valence electrons. The number of hydrogen-bond donors (Lipinski definition) is 1. The van der Waals surface area contributed by atoms with Gasteiger partial charge in [-0.25, -0.2) is 4.57 Å². The Morgan fingerprint density at radius 1 is 0.537 bits per heavy atom. The molecular formula is C37H41ClNO2+. The van der Waals surface area contributed by atoms with Crippen LogP contribution < -0.4 is 9.30 Å². The molecule has 4 heteroatoms. The first-order valence-electron chi connectivity index (χ1n) is 14.8. The Morgan fingerprint density at radius 2 is 0.976 bits per heavy atom. The summed E-state index contributed by atoms with van der Waals surface area (Å²) in [6.07, 6.45) is 22.7.